The number of aryl methyl sites for hydroxylation is 2. The van der Waals surface area contributed by atoms with Crippen LogP contribution in [0.15, 0.2) is 10.4 Å². The lowest BCUT2D eigenvalue weighted by Gasteiger charge is -2.12. The van der Waals surface area contributed by atoms with Gasteiger partial charge >= 0.3 is 0 Å². The zero-order valence-electron chi connectivity index (χ0n) is 15.0. The van der Waals surface area contributed by atoms with Crippen molar-refractivity contribution in [1.82, 2.24) is 30.4 Å². The van der Waals surface area contributed by atoms with E-state index < -0.39 is 0 Å². The summed E-state index contributed by atoms with van der Waals surface area (Å²) in [5.41, 5.74) is 1.13. The topological polar surface area (TPSA) is 80.0 Å². The average Bonchev–Trinajstić information content (AvgIpc) is 3.12. The highest BCUT2D eigenvalue weighted by molar-refractivity contribution is 7.09. The van der Waals surface area contributed by atoms with Gasteiger partial charge in [0.1, 0.15) is 12.4 Å². The van der Waals surface area contributed by atoms with E-state index in [0.29, 0.717) is 6.54 Å². The van der Waals surface area contributed by atoms with E-state index in [0.717, 1.165) is 60.7 Å². The van der Waals surface area contributed by atoms with Crippen LogP contribution < -0.4 is 10.6 Å². The molecule has 0 atom stereocenters. The first-order valence-corrected chi connectivity index (χ1v) is 9.26. The van der Waals surface area contributed by atoms with Crippen LogP contribution in [0.4, 0.5) is 0 Å². The number of unbranched alkanes of at least 4 members (excludes halogenated alkanes) is 1. The summed E-state index contributed by atoms with van der Waals surface area (Å²) in [5.74, 6) is 2.57. The summed E-state index contributed by atoms with van der Waals surface area (Å²) < 4.78 is 1.96. The second kappa shape index (κ2) is 9.36. The molecule has 2 aromatic rings. The number of rotatable bonds is 8. The SMILES string of the molecule is CCCCNC(=NCc1nnc(C)n1C)NCCc1csc(C)n1. The van der Waals surface area contributed by atoms with Gasteiger partial charge in [-0.25, -0.2) is 9.98 Å². The molecule has 0 amide bonds. The Hall–Kier alpha value is -1.96. The summed E-state index contributed by atoms with van der Waals surface area (Å²) >= 11 is 1.69. The molecule has 0 radical (unpaired) electrons. The average molecular weight is 350 g/mol. The van der Waals surface area contributed by atoms with Crippen molar-refractivity contribution < 1.29 is 0 Å². The molecule has 7 nitrogen and oxygen atoms in total. The molecule has 2 rings (SSSR count). The van der Waals surface area contributed by atoms with Gasteiger partial charge in [-0.05, 0) is 20.3 Å². The second-order valence-corrected chi connectivity index (χ2v) is 6.76. The highest BCUT2D eigenvalue weighted by Crippen LogP contribution is 2.07. The molecule has 0 fully saturated rings. The van der Waals surface area contributed by atoms with Gasteiger partial charge in [0, 0.05) is 31.9 Å². The van der Waals surface area contributed by atoms with Crippen LogP contribution in [-0.2, 0) is 20.0 Å². The Morgan fingerprint density at radius 3 is 2.67 bits per heavy atom. The molecule has 0 saturated heterocycles. The smallest absolute Gasteiger partial charge is 0.191 e. The van der Waals surface area contributed by atoms with Crippen LogP contribution in [0.1, 0.15) is 42.1 Å². The van der Waals surface area contributed by atoms with Crippen molar-refractivity contribution in [2.75, 3.05) is 13.1 Å². The zero-order valence-corrected chi connectivity index (χ0v) is 15.8. The first-order chi connectivity index (χ1) is 11.6. The van der Waals surface area contributed by atoms with Crippen LogP contribution in [0.3, 0.4) is 0 Å². The number of hydrogen-bond acceptors (Lipinski definition) is 5. The number of nitrogens with one attached hydrogen (secondary N) is 2. The predicted octanol–water partition coefficient (Wildman–Crippen LogP) is 1.97. The Balaban J connectivity index is 1.90. The monoisotopic (exact) mass is 349 g/mol. The lowest BCUT2D eigenvalue weighted by Crippen LogP contribution is -2.39. The standard InChI is InChI=1S/C16H27N7S/c1-5-6-8-17-16(18-9-7-14-11-24-13(3)20-14)19-10-15-22-21-12(2)23(15)4/h11H,5-10H2,1-4H3,(H2,17,18,19). The molecule has 2 heterocycles. The number of aromatic nitrogens is 4. The number of guanidine groups is 1. The Morgan fingerprint density at radius 1 is 1.25 bits per heavy atom. The molecule has 0 spiro atoms. The van der Waals surface area contributed by atoms with Crippen molar-refractivity contribution in [3.63, 3.8) is 0 Å². The molecule has 2 N–H and O–H groups in total. The van der Waals surface area contributed by atoms with Crippen molar-refractivity contribution in [1.29, 1.82) is 0 Å². The molecule has 0 unspecified atom stereocenters. The molecule has 2 aromatic heterocycles. The molecule has 132 valence electrons. The van der Waals surface area contributed by atoms with Gasteiger partial charge in [0.05, 0.1) is 10.7 Å². The molecule has 0 saturated carbocycles. The molecular formula is C16H27N7S. The highest BCUT2D eigenvalue weighted by atomic mass is 32.1. The zero-order chi connectivity index (χ0) is 17.4. The summed E-state index contributed by atoms with van der Waals surface area (Å²) in [4.78, 5) is 9.12. The van der Waals surface area contributed by atoms with E-state index in [-0.39, 0.29) is 0 Å². The predicted molar refractivity (Wildman–Crippen MR) is 98.3 cm³/mol. The van der Waals surface area contributed by atoms with Crippen molar-refractivity contribution in [3.05, 3.63) is 27.7 Å². The van der Waals surface area contributed by atoms with Gasteiger partial charge in [0.15, 0.2) is 11.8 Å². The number of aliphatic imine (C=N–C) groups is 1. The first kappa shape index (κ1) is 18.4. The van der Waals surface area contributed by atoms with Gasteiger partial charge < -0.3 is 15.2 Å². The fraction of sp³-hybridized carbons (Fsp3) is 0.625. The second-order valence-electron chi connectivity index (χ2n) is 5.70. The van der Waals surface area contributed by atoms with Gasteiger partial charge in [0.2, 0.25) is 0 Å². The molecular weight excluding hydrogens is 322 g/mol. The van der Waals surface area contributed by atoms with E-state index in [4.69, 9.17) is 0 Å². The van der Waals surface area contributed by atoms with Crippen molar-refractivity contribution in [2.45, 2.75) is 46.6 Å². The van der Waals surface area contributed by atoms with E-state index in [2.05, 4.69) is 43.1 Å². The van der Waals surface area contributed by atoms with Gasteiger partial charge in [-0.15, -0.1) is 21.5 Å². The van der Waals surface area contributed by atoms with E-state index in [9.17, 15) is 0 Å². The van der Waals surface area contributed by atoms with E-state index in [1.807, 2.05) is 25.5 Å². The third-order valence-electron chi connectivity index (χ3n) is 3.72. The maximum absolute atomic E-state index is 4.63. The van der Waals surface area contributed by atoms with Gasteiger partial charge in [-0.2, -0.15) is 0 Å². The maximum atomic E-state index is 4.63. The largest absolute Gasteiger partial charge is 0.356 e. The Morgan fingerprint density at radius 2 is 2.04 bits per heavy atom. The minimum atomic E-state index is 0.509. The summed E-state index contributed by atoms with van der Waals surface area (Å²) in [5, 5.41) is 18.2. The van der Waals surface area contributed by atoms with Gasteiger partial charge in [-0.3, -0.25) is 0 Å². The Kier molecular flexibility index (Phi) is 7.17. The minimum absolute atomic E-state index is 0.509. The van der Waals surface area contributed by atoms with E-state index >= 15 is 0 Å². The van der Waals surface area contributed by atoms with E-state index in [1.165, 1.54) is 0 Å². The minimum Gasteiger partial charge on any atom is -0.356 e. The van der Waals surface area contributed by atoms with Crippen molar-refractivity contribution in [3.8, 4) is 0 Å². The van der Waals surface area contributed by atoms with Crippen LogP contribution >= 0.6 is 11.3 Å². The molecule has 8 heteroatoms. The summed E-state index contributed by atoms with van der Waals surface area (Å²) in [7, 11) is 1.96. The Labute approximate surface area is 147 Å². The summed E-state index contributed by atoms with van der Waals surface area (Å²) in [6, 6.07) is 0. The van der Waals surface area contributed by atoms with E-state index in [1.54, 1.807) is 11.3 Å². The van der Waals surface area contributed by atoms with Crippen LogP contribution in [0.25, 0.3) is 0 Å². The number of nitrogens with zero attached hydrogens (tertiary/aromatic N) is 5. The molecule has 0 bridgehead atoms. The quantitative estimate of drug-likeness (QED) is 0.433. The Bertz CT molecular complexity index is 659. The fourth-order valence-electron chi connectivity index (χ4n) is 2.13. The molecule has 0 aliphatic carbocycles. The summed E-state index contributed by atoms with van der Waals surface area (Å²) in [6.45, 7) is 8.38. The lowest BCUT2D eigenvalue weighted by atomic mass is 10.3. The van der Waals surface area contributed by atoms with Crippen LogP contribution in [0.2, 0.25) is 0 Å². The van der Waals surface area contributed by atoms with Crippen molar-refractivity contribution in [2.24, 2.45) is 12.0 Å². The highest BCUT2D eigenvalue weighted by Gasteiger charge is 2.05. The molecule has 24 heavy (non-hydrogen) atoms. The maximum Gasteiger partial charge on any atom is 0.191 e. The first-order valence-electron chi connectivity index (χ1n) is 8.38. The normalized spacial score (nSPS) is 11.8. The van der Waals surface area contributed by atoms with Crippen LogP contribution in [0.5, 0.6) is 0 Å². The van der Waals surface area contributed by atoms with Gasteiger partial charge in [0.25, 0.3) is 0 Å². The number of hydrogen-bond donors (Lipinski definition) is 2. The molecule has 0 aliphatic heterocycles. The third-order valence-corrected chi connectivity index (χ3v) is 4.55. The summed E-state index contributed by atoms with van der Waals surface area (Å²) in [6.07, 6.45) is 3.16. The van der Waals surface area contributed by atoms with Crippen molar-refractivity contribution >= 4 is 17.3 Å². The van der Waals surface area contributed by atoms with Gasteiger partial charge in [-0.1, -0.05) is 13.3 Å². The number of thiazole rings is 1. The molecule has 0 aromatic carbocycles. The van der Waals surface area contributed by atoms with Crippen LogP contribution in [-0.4, -0.2) is 38.8 Å². The lowest BCUT2D eigenvalue weighted by molar-refractivity contribution is 0.712. The third kappa shape index (κ3) is 5.59. The van der Waals surface area contributed by atoms with Crippen LogP contribution in [0, 0.1) is 13.8 Å². The fourth-order valence-corrected chi connectivity index (χ4v) is 2.78. The molecule has 0 aliphatic rings.